The van der Waals surface area contributed by atoms with Crippen LogP contribution in [0, 0.1) is 11.6 Å². The summed E-state index contributed by atoms with van der Waals surface area (Å²) in [5, 5.41) is 2.27. The summed E-state index contributed by atoms with van der Waals surface area (Å²) < 4.78 is 79.0. The molecule has 0 radical (unpaired) electrons. The summed E-state index contributed by atoms with van der Waals surface area (Å²) in [6, 6.07) is 4.38. The van der Waals surface area contributed by atoms with E-state index in [1.54, 1.807) is 11.0 Å². The number of nitrogens with zero attached hydrogens (tertiary/aromatic N) is 4. The third-order valence-electron chi connectivity index (χ3n) is 8.21. The molecular weight excluding hydrogens is 587 g/mol. The first kappa shape index (κ1) is 31.4. The van der Waals surface area contributed by atoms with E-state index < -0.39 is 51.7 Å². The number of aromatic nitrogens is 2. The van der Waals surface area contributed by atoms with Crippen molar-refractivity contribution < 1.29 is 31.5 Å². The molecule has 4 heterocycles. The molecule has 0 aliphatic carbocycles. The number of halogens is 5. The number of carbonyl (C=O) groups excluding carboxylic acids is 1. The molecule has 2 saturated heterocycles. The molecule has 0 unspecified atom stereocenters. The fourth-order valence-corrected chi connectivity index (χ4v) is 5.66. The van der Waals surface area contributed by atoms with Gasteiger partial charge in [0.15, 0.2) is 5.82 Å². The first-order chi connectivity index (χ1) is 20.7. The number of rotatable bonds is 5. The average Bonchev–Trinajstić information content (AvgIpc) is 2.96. The smallest absolute Gasteiger partial charge is 0.375 e. The van der Waals surface area contributed by atoms with Crippen molar-refractivity contribution in [2.75, 3.05) is 55.0 Å². The van der Waals surface area contributed by atoms with Gasteiger partial charge in [-0.15, -0.1) is 0 Å². The van der Waals surface area contributed by atoms with Crippen LogP contribution in [-0.4, -0.2) is 78.8 Å². The monoisotopic (exact) mass is 620 g/mol. The molecule has 3 atom stereocenters. The van der Waals surface area contributed by atoms with E-state index in [-0.39, 0.29) is 35.5 Å². The molecule has 9 nitrogen and oxygen atoms in total. The summed E-state index contributed by atoms with van der Waals surface area (Å²) in [6.45, 7) is 8.15. The normalized spacial score (nSPS) is 21.4. The number of carbonyl (C=O) groups is 1. The maximum atomic E-state index is 16.5. The Morgan fingerprint density at radius 2 is 1.77 bits per heavy atom. The molecule has 236 valence electrons. The third kappa shape index (κ3) is 6.27. The number of piperazine rings is 1. The van der Waals surface area contributed by atoms with E-state index in [2.05, 4.69) is 20.2 Å². The van der Waals surface area contributed by atoms with Crippen LogP contribution >= 0.6 is 0 Å². The van der Waals surface area contributed by atoms with Crippen LogP contribution in [0.4, 0.5) is 39.1 Å². The molecule has 0 bridgehead atoms. The van der Waals surface area contributed by atoms with Gasteiger partial charge in [0.25, 0.3) is 5.91 Å². The van der Waals surface area contributed by atoms with Crippen molar-refractivity contribution in [2.45, 2.75) is 45.1 Å². The Hall–Kier alpha value is -4.04. The molecule has 1 amide bonds. The van der Waals surface area contributed by atoms with E-state index >= 15 is 8.78 Å². The molecular formula is C30H33F5N6O3. The quantitative estimate of drug-likeness (QED) is 0.398. The molecule has 2 aromatic heterocycles. The minimum absolute atomic E-state index is 0.0147. The number of benzene rings is 1. The number of H-pyrrole nitrogens is 1. The van der Waals surface area contributed by atoms with E-state index in [1.807, 2.05) is 32.7 Å². The van der Waals surface area contributed by atoms with Crippen LogP contribution in [0.5, 0.6) is 0 Å². The van der Waals surface area contributed by atoms with E-state index in [9.17, 15) is 22.8 Å². The van der Waals surface area contributed by atoms with Crippen LogP contribution < -0.4 is 20.7 Å². The summed E-state index contributed by atoms with van der Waals surface area (Å²) in [6.07, 6.45) is -3.12. The lowest BCUT2D eigenvalue weighted by Gasteiger charge is -2.44. The predicted molar refractivity (Wildman–Crippen MR) is 156 cm³/mol. The van der Waals surface area contributed by atoms with Crippen LogP contribution in [-0.2, 0) is 10.9 Å². The van der Waals surface area contributed by atoms with Crippen molar-refractivity contribution in [3.63, 3.8) is 0 Å². The highest BCUT2D eigenvalue weighted by molar-refractivity contribution is 6.07. The van der Waals surface area contributed by atoms with Crippen molar-refractivity contribution in [2.24, 2.45) is 0 Å². The van der Waals surface area contributed by atoms with Crippen molar-refractivity contribution >= 4 is 23.1 Å². The third-order valence-corrected chi connectivity index (χ3v) is 8.21. The second kappa shape index (κ2) is 12.2. The molecule has 1 aromatic carbocycles. The first-order valence-corrected chi connectivity index (χ1v) is 14.2. The summed E-state index contributed by atoms with van der Waals surface area (Å²) in [7, 11) is 1.92. The topological polar surface area (TPSA) is 93.8 Å². The Morgan fingerprint density at radius 1 is 1.07 bits per heavy atom. The van der Waals surface area contributed by atoms with Crippen molar-refractivity contribution in [3.05, 3.63) is 69.8 Å². The summed E-state index contributed by atoms with van der Waals surface area (Å²) in [5.74, 6) is -2.83. The minimum atomic E-state index is -5.04. The first-order valence-electron chi connectivity index (χ1n) is 14.2. The predicted octanol–water partition coefficient (Wildman–Crippen LogP) is 4.74. The van der Waals surface area contributed by atoms with Crippen LogP contribution in [0.2, 0.25) is 0 Å². The Balaban J connectivity index is 1.58. The van der Waals surface area contributed by atoms with Gasteiger partial charge in [-0.05, 0) is 40.0 Å². The van der Waals surface area contributed by atoms with Crippen molar-refractivity contribution in [3.8, 4) is 11.1 Å². The van der Waals surface area contributed by atoms with Crippen LogP contribution in [0.1, 0.15) is 36.7 Å². The van der Waals surface area contributed by atoms with Gasteiger partial charge in [0.05, 0.1) is 35.1 Å². The summed E-state index contributed by atoms with van der Waals surface area (Å²) >= 11 is 0. The summed E-state index contributed by atoms with van der Waals surface area (Å²) in [4.78, 5) is 37.2. The highest BCUT2D eigenvalue weighted by atomic mass is 19.4. The lowest BCUT2D eigenvalue weighted by atomic mass is 10.0. The Labute approximate surface area is 250 Å². The molecule has 2 aliphatic rings. The number of anilines is 3. The van der Waals surface area contributed by atoms with Gasteiger partial charge in [0.2, 0.25) is 5.56 Å². The Morgan fingerprint density at radius 3 is 2.39 bits per heavy atom. The van der Waals surface area contributed by atoms with Gasteiger partial charge >= 0.3 is 6.18 Å². The molecule has 5 rings (SSSR count). The Kier molecular flexibility index (Phi) is 8.67. The second-order valence-corrected chi connectivity index (χ2v) is 11.3. The number of aromatic amines is 1. The fraction of sp³-hybridized carbons (Fsp3) is 0.433. The molecule has 2 aliphatic heterocycles. The highest BCUT2D eigenvalue weighted by Crippen LogP contribution is 2.40. The van der Waals surface area contributed by atoms with E-state index in [4.69, 9.17) is 4.74 Å². The van der Waals surface area contributed by atoms with Gasteiger partial charge in [-0.3, -0.25) is 14.5 Å². The maximum absolute atomic E-state index is 16.5. The summed E-state index contributed by atoms with van der Waals surface area (Å²) in [5.41, 5.74) is -4.39. The molecule has 3 aromatic rings. The number of pyridine rings is 2. The van der Waals surface area contributed by atoms with Crippen molar-refractivity contribution in [1.29, 1.82) is 0 Å². The van der Waals surface area contributed by atoms with Crippen LogP contribution in [0.3, 0.4) is 0 Å². The number of hydrogen-bond acceptors (Lipinski definition) is 7. The molecule has 2 N–H and O–H groups in total. The minimum Gasteiger partial charge on any atom is -0.375 e. The zero-order chi connectivity index (χ0) is 31.9. The zero-order valence-electron chi connectivity index (χ0n) is 24.6. The van der Waals surface area contributed by atoms with Gasteiger partial charge in [-0.25, -0.2) is 13.8 Å². The lowest BCUT2D eigenvalue weighted by molar-refractivity contribution is -0.138. The number of morpholine rings is 1. The van der Waals surface area contributed by atoms with Gasteiger partial charge in [-0.1, -0.05) is 0 Å². The Bertz CT molecular complexity index is 1580. The fourth-order valence-electron chi connectivity index (χ4n) is 5.66. The van der Waals surface area contributed by atoms with E-state index in [0.29, 0.717) is 44.8 Å². The van der Waals surface area contributed by atoms with E-state index in [0.717, 1.165) is 6.07 Å². The van der Waals surface area contributed by atoms with Gasteiger partial charge in [0, 0.05) is 68.4 Å². The lowest BCUT2D eigenvalue weighted by Crippen LogP contribution is -2.55. The van der Waals surface area contributed by atoms with Gasteiger partial charge < -0.3 is 24.8 Å². The second-order valence-electron chi connectivity index (χ2n) is 11.3. The number of ether oxygens (including phenoxy) is 1. The van der Waals surface area contributed by atoms with Crippen molar-refractivity contribution in [1.82, 2.24) is 14.9 Å². The van der Waals surface area contributed by atoms with Crippen LogP contribution in [0.25, 0.3) is 11.1 Å². The molecule has 0 saturated carbocycles. The average molecular weight is 621 g/mol. The standard InChI is InChI=1S/C30H33F5N6O3/c1-16-13-41(14-17(2)39(16)4)23-10-22(31)26(19-5-6-24(36-11-19)40-7-8-44-18(3)15-40)27(32)28(23)38-29(43)20-12-37-25(42)9-21(20)30(33,34)35/h5-6,9-12,16-18H,7-8,13-15H2,1-4H3,(H,37,42)(H,38,43)/t16-,17+,18-/m0/s1. The number of alkyl halides is 3. The van der Waals surface area contributed by atoms with E-state index in [1.165, 1.54) is 12.3 Å². The molecule has 2 fully saturated rings. The SMILES string of the molecule is C[C@@H]1CN(c2cc(F)c(-c3ccc(N4CCO[C@@H](C)C4)nc3)c(F)c2NC(=O)c2c[nH]c(=O)cc2C(F)(F)F)C[C@H](C)N1C. The molecule has 44 heavy (non-hydrogen) atoms. The molecule has 14 heteroatoms. The number of likely N-dealkylation sites (N-methyl/N-ethyl adjacent to an activating group) is 1. The number of nitrogens with one attached hydrogen (secondary N) is 2. The molecule has 0 spiro atoms. The number of hydrogen-bond donors (Lipinski definition) is 2. The maximum Gasteiger partial charge on any atom is 0.417 e. The van der Waals surface area contributed by atoms with Gasteiger partial charge in [-0.2, -0.15) is 13.2 Å². The van der Waals surface area contributed by atoms with Gasteiger partial charge in [0.1, 0.15) is 17.3 Å². The van der Waals surface area contributed by atoms with Crippen LogP contribution in [0.15, 0.2) is 41.5 Å². The largest absolute Gasteiger partial charge is 0.417 e. The zero-order valence-corrected chi connectivity index (χ0v) is 24.6. The highest BCUT2D eigenvalue weighted by Gasteiger charge is 2.37. The number of amides is 1.